The summed E-state index contributed by atoms with van der Waals surface area (Å²) in [5.74, 6) is -4.29. The summed E-state index contributed by atoms with van der Waals surface area (Å²) in [5, 5.41) is 15.4. The molecule has 2 aromatic rings. The summed E-state index contributed by atoms with van der Waals surface area (Å²) >= 11 is 0. The van der Waals surface area contributed by atoms with E-state index in [0.717, 1.165) is 16.5 Å². The molecule has 13 atom stereocenters. The third kappa shape index (κ3) is 8.01. The summed E-state index contributed by atoms with van der Waals surface area (Å²) < 4.78 is 37.1. The molecule has 0 bridgehead atoms. The standard InChI is InChI=1S/C42H57N3O11/c1-10-31-41(7)34(44-39(50)56-41)25(4)32(46)23(2)20-40(6,51-17-13-14-27-19-28-15-11-12-16-29(28)43-21-27)36(26(5)35(48)42(22-52-42)38(49)54-31)55-37-33(47)30(45(8)9)18-24(3)53-37/h11-16,19,21,23-26,30-31,33-34,36-37,47H,10,17-18,20,22H2,1-9H3,(H,44,50)/b14-13+/t23-,24-,25-,26+,30+,31+,33-,34-,36-,37+,40+,41-,42?/m1/s1. The van der Waals surface area contributed by atoms with Crippen molar-refractivity contribution < 1.29 is 52.7 Å². The van der Waals surface area contributed by atoms with Crippen LogP contribution in [0.5, 0.6) is 0 Å². The van der Waals surface area contributed by atoms with Crippen molar-refractivity contribution in [3.63, 3.8) is 0 Å². The van der Waals surface area contributed by atoms with Crippen molar-refractivity contribution in [3.05, 3.63) is 48.2 Å². The van der Waals surface area contributed by atoms with Gasteiger partial charge < -0.3 is 43.7 Å². The maximum absolute atomic E-state index is 14.7. The van der Waals surface area contributed by atoms with Crippen molar-refractivity contribution in [1.29, 1.82) is 0 Å². The molecular formula is C42H57N3O11. The number of esters is 1. The van der Waals surface area contributed by atoms with Crippen molar-refractivity contribution in [1.82, 2.24) is 15.2 Å². The minimum atomic E-state index is -1.94. The van der Waals surface area contributed by atoms with E-state index in [9.17, 15) is 24.3 Å². The number of pyridine rings is 1. The van der Waals surface area contributed by atoms with Crippen molar-refractivity contribution in [2.45, 2.75) is 127 Å². The second-order valence-electron chi connectivity index (χ2n) is 16.7. The molecule has 1 amide bonds. The van der Waals surface area contributed by atoms with E-state index in [1.165, 1.54) is 0 Å². The molecule has 14 heteroatoms. The van der Waals surface area contributed by atoms with Gasteiger partial charge in [0.25, 0.3) is 0 Å². The molecule has 6 rings (SSSR count). The Labute approximate surface area is 328 Å². The topological polar surface area (TPSA) is 175 Å². The number of para-hydroxylation sites is 1. The van der Waals surface area contributed by atoms with Crippen LogP contribution in [0.15, 0.2) is 42.6 Å². The molecule has 5 heterocycles. The first-order valence-electron chi connectivity index (χ1n) is 19.7. The van der Waals surface area contributed by atoms with Crippen molar-refractivity contribution in [2.75, 3.05) is 27.3 Å². The Kier molecular flexibility index (Phi) is 12.1. The molecule has 1 aromatic heterocycles. The number of epoxide rings is 1. The molecule has 4 aliphatic heterocycles. The quantitative estimate of drug-likeness (QED) is 0.221. The van der Waals surface area contributed by atoms with Gasteiger partial charge in [-0.25, -0.2) is 9.59 Å². The zero-order chi connectivity index (χ0) is 40.7. The first kappa shape index (κ1) is 41.8. The highest BCUT2D eigenvalue weighted by Crippen LogP contribution is 2.43. The number of rotatable bonds is 8. The number of fused-ring (bicyclic) bond motifs is 2. The van der Waals surface area contributed by atoms with Gasteiger partial charge in [0.05, 0.1) is 42.6 Å². The number of ether oxygens (including phenoxy) is 6. The number of cyclic esters (lactones) is 1. The number of ketones is 2. The predicted octanol–water partition coefficient (Wildman–Crippen LogP) is 4.24. The van der Waals surface area contributed by atoms with Crippen LogP contribution in [0.4, 0.5) is 4.79 Å². The molecule has 14 nitrogen and oxygen atoms in total. The molecule has 1 spiro atoms. The van der Waals surface area contributed by atoms with Gasteiger partial charge in [-0.2, -0.15) is 0 Å². The average Bonchev–Trinajstić information content (AvgIpc) is 3.92. The maximum Gasteiger partial charge on any atom is 0.408 e. The number of aliphatic hydroxyl groups is 1. The van der Waals surface area contributed by atoms with Crippen molar-refractivity contribution >= 4 is 40.6 Å². The second kappa shape index (κ2) is 16.2. The first-order valence-corrected chi connectivity index (χ1v) is 19.7. The lowest BCUT2D eigenvalue weighted by Crippen LogP contribution is -2.61. The SMILES string of the molecule is CC[C@@H]1OC(=O)C2(CO2)C(=O)[C@H](C)[C@@H](O[C@@H]2O[C@H](C)C[C@H](N(C)C)[C@H]2O)[C@@](C)(OC/C=C/c2cnc3ccccc3c2)C[C@@H](C)C(=O)[C@@H](C)[C@H]2NC(=O)O[C@]12C. The zero-order valence-corrected chi connectivity index (χ0v) is 33.9. The smallest absolute Gasteiger partial charge is 0.408 e. The fraction of sp³-hybridized carbons (Fsp3) is 0.643. The number of carbonyl (C=O) groups is 4. The fourth-order valence-electron chi connectivity index (χ4n) is 8.99. The van der Waals surface area contributed by atoms with Crippen LogP contribution < -0.4 is 5.32 Å². The van der Waals surface area contributed by atoms with E-state index in [4.69, 9.17) is 28.4 Å². The summed E-state index contributed by atoms with van der Waals surface area (Å²) in [5.41, 5.74) is -3.05. The van der Waals surface area contributed by atoms with Crippen LogP contribution in [0.3, 0.4) is 0 Å². The Morgan fingerprint density at radius 1 is 1.07 bits per heavy atom. The van der Waals surface area contributed by atoms with Gasteiger partial charge >= 0.3 is 12.1 Å². The number of hydrogen-bond acceptors (Lipinski definition) is 13. The van der Waals surface area contributed by atoms with Crippen LogP contribution in [-0.4, -0.2) is 126 Å². The molecule has 1 unspecified atom stereocenters. The lowest BCUT2D eigenvalue weighted by atomic mass is 9.73. The van der Waals surface area contributed by atoms with E-state index in [1.54, 1.807) is 47.7 Å². The van der Waals surface area contributed by atoms with E-state index in [0.29, 0.717) is 6.42 Å². The van der Waals surface area contributed by atoms with Gasteiger partial charge in [-0.1, -0.05) is 58.0 Å². The van der Waals surface area contributed by atoms with Crippen LogP contribution >= 0.6 is 0 Å². The normalized spacial score (nSPS) is 39.7. The van der Waals surface area contributed by atoms with E-state index in [2.05, 4.69) is 10.3 Å². The maximum atomic E-state index is 14.7. The Balaban J connectivity index is 1.40. The van der Waals surface area contributed by atoms with Gasteiger partial charge in [0.1, 0.15) is 18.0 Å². The van der Waals surface area contributed by atoms with Crippen molar-refractivity contribution in [3.8, 4) is 0 Å². The highest BCUT2D eigenvalue weighted by molar-refractivity contribution is 6.11. The van der Waals surface area contributed by atoms with Crippen molar-refractivity contribution in [2.24, 2.45) is 17.8 Å². The van der Waals surface area contributed by atoms with Gasteiger partial charge in [0.15, 0.2) is 17.7 Å². The molecule has 0 saturated carbocycles. The fourth-order valence-corrected chi connectivity index (χ4v) is 8.99. The number of nitrogens with zero attached hydrogens (tertiary/aromatic N) is 2. The van der Waals surface area contributed by atoms with E-state index >= 15 is 0 Å². The summed E-state index contributed by atoms with van der Waals surface area (Å²) in [4.78, 5) is 62.4. The number of nitrogens with one attached hydrogen (secondary N) is 1. The lowest BCUT2D eigenvalue weighted by molar-refractivity contribution is -0.296. The highest BCUT2D eigenvalue weighted by Gasteiger charge is 2.66. The second-order valence-corrected chi connectivity index (χ2v) is 16.7. The van der Waals surface area contributed by atoms with Gasteiger partial charge in [0.2, 0.25) is 5.60 Å². The molecule has 2 N–H and O–H groups in total. The lowest BCUT2D eigenvalue weighted by Gasteiger charge is -2.47. The summed E-state index contributed by atoms with van der Waals surface area (Å²) in [6, 6.07) is 8.63. The molecule has 1 aromatic carbocycles. The van der Waals surface area contributed by atoms with Crippen LogP contribution in [0.1, 0.15) is 73.3 Å². The third-order valence-corrected chi connectivity index (χ3v) is 12.2. The number of likely N-dealkylation sites (N-methyl/N-ethyl adjacent to an activating group) is 1. The number of amides is 1. The Bertz CT molecular complexity index is 1830. The monoisotopic (exact) mass is 779 g/mol. The molecule has 4 fully saturated rings. The molecule has 0 radical (unpaired) electrons. The minimum absolute atomic E-state index is 0.0395. The number of benzene rings is 1. The minimum Gasteiger partial charge on any atom is -0.455 e. The summed E-state index contributed by atoms with van der Waals surface area (Å²) in [6.45, 7) is 12.0. The predicted molar refractivity (Wildman–Crippen MR) is 205 cm³/mol. The molecule has 0 aliphatic carbocycles. The number of aliphatic hydroxyl groups excluding tert-OH is 1. The molecule has 4 aliphatic rings. The number of Topliss-reactive ketones (excluding diaryl/α,β-unsaturated/α-hetero) is 2. The van der Waals surface area contributed by atoms with E-state index in [-0.39, 0.29) is 44.0 Å². The number of hydrogen-bond donors (Lipinski definition) is 2. The van der Waals surface area contributed by atoms with Gasteiger partial charge in [-0.3, -0.25) is 14.6 Å². The van der Waals surface area contributed by atoms with Crippen LogP contribution in [0.25, 0.3) is 17.0 Å². The molecule has 306 valence electrons. The molecular weight excluding hydrogens is 722 g/mol. The summed E-state index contributed by atoms with van der Waals surface area (Å²) in [6.07, 6.45) is 0.795. The van der Waals surface area contributed by atoms with Gasteiger partial charge in [0, 0.05) is 35.4 Å². The Hall–Kier alpha value is -3.79. The zero-order valence-electron chi connectivity index (χ0n) is 33.9. The highest BCUT2D eigenvalue weighted by atomic mass is 16.7. The first-order chi connectivity index (χ1) is 26.4. The number of aromatic nitrogens is 1. The Morgan fingerprint density at radius 3 is 2.46 bits per heavy atom. The number of carbonyl (C=O) groups excluding carboxylic acids is 4. The number of alkyl carbamates (subject to hydrolysis) is 1. The van der Waals surface area contributed by atoms with Crippen LogP contribution in [0.2, 0.25) is 0 Å². The summed E-state index contributed by atoms with van der Waals surface area (Å²) in [7, 11) is 3.73. The van der Waals surface area contributed by atoms with E-state index in [1.807, 2.05) is 68.4 Å². The van der Waals surface area contributed by atoms with Crippen LogP contribution in [0, 0.1) is 17.8 Å². The average molecular weight is 780 g/mol. The molecule has 4 saturated heterocycles. The molecule has 56 heavy (non-hydrogen) atoms. The van der Waals surface area contributed by atoms with E-state index < -0.39 is 83.0 Å². The Morgan fingerprint density at radius 2 is 1.79 bits per heavy atom. The van der Waals surface area contributed by atoms with Crippen LogP contribution in [-0.2, 0) is 42.8 Å². The third-order valence-electron chi connectivity index (χ3n) is 12.2. The largest absolute Gasteiger partial charge is 0.455 e. The van der Waals surface area contributed by atoms with Gasteiger partial charge in [-0.05, 0) is 71.8 Å². The van der Waals surface area contributed by atoms with Gasteiger partial charge in [-0.15, -0.1) is 0 Å².